The van der Waals surface area contributed by atoms with Crippen LogP contribution in [-0.4, -0.2) is 63.4 Å². The number of nitrogens with zero attached hydrogens (tertiary/aromatic N) is 4. The smallest absolute Gasteiger partial charge is 0.410 e. The summed E-state index contributed by atoms with van der Waals surface area (Å²) in [7, 11) is 1.83. The second-order valence-electron chi connectivity index (χ2n) is 6.93. The highest BCUT2D eigenvalue weighted by Gasteiger charge is 2.25. The molecule has 0 unspecified atom stereocenters. The summed E-state index contributed by atoms with van der Waals surface area (Å²) in [5.41, 5.74) is 0.377. The van der Waals surface area contributed by atoms with E-state index in [1.54, 1.807) is 32.8 Å². The van der Waals surface area contributed by atoms with Crippen LogP contribution in [0.25, 0.3) is 6.08 Å². The highest BCUT2D eigenvalue weighted by atomic mass is 16.6. The van der Waals surface area contributed by atoms with E-state index in [-0.39, 0.29) is 12.0 Å². The van der Waals surface area contributed by atoms with Crippen LogP contribution in [0, 0.1) is 0 Å². The Bertz CT molecular complexity index is 616. The maximum atomic E-state index is 12.3. The minimum atomic E-state index is -0.509. The molecule has 2 heterocycles. The van der Waals surface area contributed by atoms with E-state index in [1.807, 2.05) is 34.0 Å². The van der Waals surface area contributed by atoms with Crippen LogP contribution < -0.4 is 0 Å². The summed E-state index contributed by atoms with van der Waals surface area (Å²) < 4.78 is 7.09. The SMILES string of the molecule is Cn1cc(/C=C/C(=O)N2CCCN(C(=O)OC(C)(C)C)CC2)cn1. The molecule has 2 amide bonds. The molecule has 1 saturated heterocycles. The van der Waals surface area contributed by atoms with E-state index in [0.29, 0.717) is 26.2 Å². The zero-order chi connectivity index (χ0) is 17.7. The van der Waals surface area contributed by atoms with Gasteiger partial charge in [0.1, 0.15) is 5.60 Å². The molecule has 1 aliphatic heterocycles. The fraction of sp³-hybridized carbons (Fsp3) is 0.588. The Kier molecular flexibility index (Phi) is 5.64. The lowest BCUT2D eigenvalue weighted by Crippen LogP contribution is -2.39. The molecule has 1 fully saturated rings. The average molecular weight is 334 g/mol. The monoisotopic (exact) mass is 334 g/mol. The fourth-order valence-electron chi connectivity index (χ4n) is 2.45. The highest BCUT2D eigenvalue weighted by Crippen LogP contribution is 2.12. The normalized spacial score (nSPS) is 16.3. The maximum absolute atomic E-state index is 12.3. The van der Waals surface area contributed by atoms with Crippen LogP contribution in [0.3, 0.4) is 0 Å². The molecule has 0 spiro atoms. The summed E-state index contributed by atoms with van der Waals surface area (Å²) in [5.74, 6) is -0.0510. The summed E-state index contributed by atoms with van der Waals surface area (Å²) in [6, 6.07) is 0. The third-order valence-electron chi connectivity index (χ3n) is 3.60. The number of rotatable bonds is 2. The Morgan fingerprint density at radius 2 is 1.83 bits per heavy atom. The van der Waals surface area contributed by atoms with Gasteiger partial charge in [-0.05, 0) is 33.3 Å². The van der Waals surface area contributed by atoms with E-state index >= 15 is 0 Å². The lowest BCUT2D eigenvalue weighted by Gasteiger charge is -2.26. The van der Waals surface area contributed by atoms with Crippen molar-refractivity contribution in [3.8, 4) is 0 Å². The van der Waals surface area contributed by atoms with Gasteiger partial charge in [0.05, 0.1) is 6.20 Å². The number of hydrogen-bond acceptors (Lipinski definition) is 4. The van der Waals surface area contributed by atoms with Gasteiger partial charge in [-0.3, -0.25) is 9.48 Å². The van der Waals surface area contributed by atoms with Gasteiger partial charge < -0.3 is 14.5 Å². The van der Waals surface area contributed by atoms with Crippen molar-refractivity contribution in [2.75, 3.05) is 26.2 Å². The molecule has 7 heteroatoms. The number of carbonyl (C=O) groups excluding carboxylic acids is 2. The van der Waals surface area contributed by atoms with Crippen molar-refractivity contribution in [3.63, 3.8) is 0 Å². The third kappa shape index (κ3) is 5.40. The van der Waals surface area contributed by atoms with Gasteiger partial charge in [-0.1, -0.05) is 0 Å². The Hall–Kier alpha value is -2.31. The molecule has 7 nitrogen and oxygen atoms in total. The lowest BCUT2D eigenvalue weighted by molar-refractivity contribution is -0.125. The Balaban J connectivity index is 1.89. The second kappa shape index (κ2) is 7.51. The first-order valence-corrected chi connectivity index (χ1v) is 8.18. The van der Waals surface area contributed by atoms with Crippen molar-refractivity contribution in [1.82, 2.24) is 19.6 Å². The number of amides is 2. The molecule has 1 aliphatic rings. The largest absolute Gasteiger partial charge is 0.444 e. The molecule has 0 aliphatic carbocycles. The molecule has 1 aromatic heterocycles. The summed E-state index contributed by atoms with van der Waals surface area (Å²) in [6.07, 6.45) is 7.28. The van der Waals surface area contributed by atoms with Gasteiger partial charge in [-0.2, -0.15) is 5.10 Å². The van der Waals surface area contributed by atoms with Crippen molar-refractivity contribution in [2.45, 2.75) is 32.8 Å². The number of aryl methyl sites for hydroxylation is 1. The summed E-state index contributed by atoms with van der Waals surface area (Å²) >= 11 is 0. The van der Waals surface area contributed by atoms with Crippen molar-refractivity contribution >= 4 is 18.1 Å². The van der Waals surface area contributed by atoms with E-state index < -0.39 is 5.60 Å². The zero-order valence-corrected chi connectivity index (χ0v) is 14.9. The van der Waals surface area contributed by atoms with Gasteiger partial charge in [-0.25, -0.2) is 4.79 Å². The van der Waals surface area contributed by atoms with Crippen LogP contribution >= 0.6 is 0 Å². The first-order chi connectivity index (χ1) is 11.2. The van der Waals surface area contributed by atoms with Crippen LogP contribution in [0.2, 0.25) is 0 Å². The van der Waals surface area contributed by atoms with Crippen molar-refractivity contribution in [1.29, 1.82) is 0 Å². The minimum absolute atomic E-state index is 0.0510. The van der Waals surface area contributed by atoms with Gasteiger partial charge in [0, 0.05) is 51.1 Å². The van der Waals surface area contributed by atoms with Crippen molar-refractivity contribution in [3.05, 3.63) is 24.0 Å². The van der Waals surface area contributed by atoms with Crippen LogP contribution in [-0.2, 0) is 16.6 Å². The highest BCUT2D eigenvalue weighted by molar-refractivity contribution is 5.91. The summed E-state index contributed by atoms with van der Waals surface area (Å²) in [4.78, 5) is 27.9. The fourth-order valence-corrected chi connectivity index (χ4v) is 2.45. The summed E-state index contributed by atoms with van der Waals surface area (Å²) in [6.45, 7) is 7.78. The molecular weight excluding hydrogens is 308 g/mol. The van der Waals surface area contributed by atoms with Crippen LogP contribution in [0.4, 0.5) is 4.79 Å². The Labute approximate surface area is 142 Å². The van der Waals surface area contributed by atoms with E-state index in [2.05, 4.69) is 5.10 Å². The molecule has 0 N–H and O–H groups in total. The van der Waals surface area contributed by atoms with Crippen molar-refractivity contribution in [2.24, 2.45) is 7.05 Å². The quantitative estimate of drug-likeness (QED) is 0.775. The van der Waals surface area contributed by atoms with E-state index in [9.17, 15) is 9.59 Å². The standard InChI is InChI=1S/C17H26N4O3/c1-17(2,3)24-16(23)21-9-5-8-20(10-11-21)15(22)7-6-14-12-18-19(4)13-14/h6-7,12-13H,5,8-11H2,1-4H3/b7-6+. The molecule has 0 radical (unpaired) electrons. The van der Waals surface area contributed by atoms with Gasteiger partial charge in [0.25, 0.3) is 0 Å². The second-order valence-corrected chi connectivity index (χ2v) is 6.93. The van der Waals surface area contributed by atoms with Crippen molar-refractivity contribution < 1.29 is 14.3 Å². The molecule has 0 bridgehead atoms. The Morgan fingerprint density at radius 3 is 2.46 bits per heavy atom. The number of carbonyl (C=O) groups is 2. The van der Waals surface area contributed by atoms with Gasteiger partial charge in [0.15, 0.2) is 0 Å². The Morgan fingerprint density at radius 1 is 1.17 bits per heavy atom. The maximum Gasteiger partial charge on any atom is 0.410 e. The third-order valence-corrected chi connectivity index (χ3v) is 3.60. The first kappa shape index (κ1) is 18.0. The van der Waals surface area contributed by atoms with Gasteiger partial charge in [0.2, 0.25) is 5.91 Å². The first-order valence-electron chi connectivity index (χ1n) is 8.18. The van der Waals surface area contributed by atoms with Gasteiger partial charge in [-0.15, -0.1) is 0 Å². The van der Waals surface area contributed by atoms with E-state index in [4.69, 9.17) is 4.74 Å². The van der Waals surface area contributed by atoms with E-state index in [0.717, 1.165) is 12.0 Å². The number of ether oxygens (including phenoxy) is 1. The van der Waals surface area contributed by atoms with Crippen LogP contribution in [0.5, 0.6) is 0 Å². The van der Waals surface area contributed by atoms with E-state index in [1.165, 1.54) is 0 Å². The molecule has 2 rings (SSSR count). The molecule has 0 atom stereocenters. The molecule has 132 valence electrons. The number of hydrogen-bond donors (Lipinski definition) is 0. The topological polar surface area (TPSA) is 67.7 Å². The predicted molar refractivity (Wildman–Crippen MR) is 91.2 cm³/mol. The van der Waals surface area contributed by atoms with Crippen LogP contribution in [0.15, 0.2) is 18.5 Å². The molecule has 24 heavy (non-hydrogen) atoms. The number of aromatic nitrogens is 2. The minimum Gasteiger partial charge on any atom is -0.444 e. The lowest BCUT2D eigenvalue weighted by atomic mass is 10.2. The molecule has 0 aromatic carbocycles. The van der Waals surface area contributed by atoms with Gasteiger partial charge >= 0.3 is 6.09 Å². The zero-order valence-electron chi connectivity index (χ0n) is 14.9. The molecule has 0 saturated carbocycles. The predicted octanol–water partition coefficient (Wildman–Crippen LogP) is 1.90. The molecular formula is C17H26N4O3. The summed E-state index contributed by atoms with van der Waals surface area (Å²) in [5, 5.41) is 4.06. The average Bonchev–Trinajstić information content (AvgIpc) is 2.74. The van der Waals surface area contributed by atoms with Crippen LogP contribution in [0.1, 0.15) is 32.8 Å². The molecule has 1 aromatic rings.